The monoisotopic (exact) mass is 240 g/mol. The van der Waals surface area contributed by atoms with Gasteiger partial charge in [0.05, 0.1) is 18.5 Å². The van der Waals surface area contributed by atoms with E-state index in [-0.39, 0.29) is 0 Å². The molecule has 0 atom stereocenters. The van der Waals surface area contributed by atoms with Crippen molar-refractivity contribution >= 4 is 11.4 Å². The zero-order valence-electron chi connectivity index (χ0n) is 10.8. The first-order valence-corrected chi connectivity index (χ1v) is 5.82. The number of hydrogen-bond donors (Lipinski definition) is 0. The number of azo groups is 1. The van der Waals surface area contributed by atoms with Crippen molar-refractivity contribution in [2.45, 2.75) is 13.8 Å². The highest BCUT2D eigenvalue weighted by Crippen LogP contribution is 2.25. The minimum atomic E-state index is 0.828. The molecule has 2 aromatic rings. The zero-order chi connectivity index (χ0) is 13.0. The number of methoxy groups -OCH3 is 1. The van der Waals surface area contributed by atoms with E-state index in [0.29, 0.717) is 0 Å². The topological polar surface area (TPSA) is 34.0 Å². The molecule has 3 heteroatoms. The fourth-order valence-corrected chi connectivity index (χ4v) is 1.65. The SMILES string of the molecule is COc1ccc(/N=N/c2ccc(C)cc2)cc1C. The largest absolute Gasteiger partial charge is 0.496 e. The summed E-state index contributed by atoms with van der Waals surface area (Å²) in [6, 6.07) is 13.7. The minimum absolute atomic E-state index is 0.828. The molecule has 0 aliphatic carbocycles. The predicted molar refractivity (Wildman–Crippen MR) is 73.1 cm³/mol. The van der Waals surface area contributed by atoms with Crippen molar-refractivity contribution in [2.75, 3.05) is 7.11 Å². The first-order valence-electron chi connectivity index (χ1n) is 5.82. The average Bonchev–Trinajstić information content (AvgIpc) is 2.38. The molecule has 0 N–H and O–H groups in total. The van der Waals surface area contributed by atoms with Gasteiger partial charge in [0, 0.05) is 0 Å². The van der Waals surface area contributed by atoms with E-state index in [1.807, 2.05) is 56.3 Å². The molecular formula is C15H16N2O. The van der Waals surface area contributed by atoms with Gasteiger partial charge in [0.25, 0.3) is 0 Å². The highest BCUT2D eigenvalue weighted by Gasteiger charge is 1.98. The van der Waals surface area contributed by atoms with Gasteiger partial charge in [-0.15, -0.1) is 0 Å². The molecule has 2 rings (SSSR count). The van der Waals surface area contributed by atoms with Crippen molar-refractivity contribution in [1.82, 2.24) is 0 Å². The van der Waals surface area contributed by atoms with Crippen molar-refractivity contribution in [1.29, 1.82) is 0 Å². The molecule has 0 radical (unpaired) electrons. The van der Waals surface area contributed by atoms with Crippen molar-refractivity contribution in [3.63, 3.8) is 0 Å². The summed E-state index contributed by atoms with van der Waals surface area (Å²) in [7, 11) is 1.66. The highest BCUT2D eigenvalue weighted by atomic mass is 16.5. The van der Waals surface area contributed by atoms with E-state index >= 15 is 0 Å². The third-order valence-corrected chi connectivity index (χ3v) is 2.69. The maximum Gasteiger partial charge on any atom is 0.121 e. The second-order valence-corrected chi connectivity index (χ2v) is 4.19. The van der Waals surface area contributed by atoms with Crippen LogP contribution in [0.3, 0.4) is 0 Å². The summed E-state index contributed by atoms with van der Waals surface area (Å²) < 4.78 is 5.20. The fourth-order valence-electron chi connectivity index (χ4n) is 1.65. The van der Waals surface area contributed by atoms with Crippen LogP contribution in [0.5, 0.6) is 5.75 Å². The van der Waals surface area contributed by atoms with E-state index in [2.05, 4.69) is 10.2 Å². The summed E-state index contributed by atoms with van der Waals surface area (Å²) in [5.74, 6) is 0.865. The molecule has 0 heterocycles. The summed E-state index contributed by atoms with van der Waals surface area (Å²) >= 11 is 0. The molecule has 3 nitrogen and oxygen atoms in total. The van der Waals surface area contributed by atoms with Gasteiger partial charge in [-0.25, -0.2) is 0 Å². The Bertz CT molecular complexity index is 559. The minimum Gasteiger partial charge on any atom is -0.496 e. The van der Waals surface area contributed by atoms with Gasteiger partial charge >= 0.3 is 0 Å². The summed E-state index contributed by atoms with van der Waals surface area (Å²) in [6.07, 6.45) is 0. The standard InChI is InChI=1S/C15H16N2O/c1-11-4-6-13(7-5-11)16-17-14-8-9-15(18-3)12(2)10-14/h4-10H,1-3H3/b17-16+. The first-order chi connectivity index (χ1) is 8.69. The number of benzene rings is 2. The van der Waals surface area contributed by atoms with Crippen LogP contribution in [0.1, 0.15) is 11.1 Å². The van der Waals surface area contributed by atoms with Crippen molar-refractivity contribution < 1.29 is 4.74 Å². The summed E-state index contributed by atoms with van der Waals surface area (Å²) in [6.45, 7) is 4.04. The predicted octanol–water partition coefficient (Wildman–Crippen LogP) is 4.73. The van der Waals surface area contributed by atoms with Gasteiger partial charge in [0.2, 0.25) is 0 Å². The van der Waals surface area contributed by atoms with Crippen LogP contribution in [0.2, 0.25) is 0 Å². The maximum atomic E-state index is 5.20. The maximum absolute atomic E-state index is 5.20. The molecule has 0 saturated heterocycles. The number of ether oxygens (including phenoxy) is 1. The molecule has 0 unspecified atom stereocenters. The van der Waals surface area contributed by atoms with Crippen LogP contribution in [0.4, 0.5) is 11.4 Å². The first kappa shape index (κ1) is 12.3. The molecule has 0 saturated carbocycles. The number of rotatable bonds is 3. The molecule has 0 aromatic heterocycles. The molecule has 2 aromatic carbocycles. The third-order valence-electron chi connectivity index (χ3n) is 2.69. The Morgan fingerprint density at radius 1 is 0.833 bits per heavy atom. The molecular weight excluding hydrogens is 224 g/mol. The average molecular weight is 240 g/mol. The fraction of sp³-hybridized carbons (Fsp3) is 0.200. The number of nitrogens with zero attached hydrogens (tertiary/aromatic N) is 2. The van der Waals surface area contributed by atoms with Crippen LogP contribution in [0.25, 0.3) is 0 Å². The van der Waals surface area contributed by atoms with Crippen molar-refractivity contribution in [3.8, 4) is 5.75 Å². The lowest BCUT2D eigenvalue weighted by Gasteiger charge is -2.03. The van der Waals surface area contributed by atoms with E-state index in [1.54, 1.807) is 7.11 Å². The molecule has 0 fully saturated rings. The van der Waals surface area contributed by atoms with Gasteiger partial charge in [-0.2, -0.15) is 10.2 Å². The summed E-state index contributed by atoms with van der Waals surface area (Å²) in [4.78, 5) is 0. The van der Waals surface area contributed by atoms with Crippen molar-refractivity contribution in [2.24, 2.45) is 10.2 Å². The van der Waals surface area contributed by atoms with E-state index in [0.717, 1.165) is 22.7 Å². The van der Waals surface area contributed by atoms with E-state index in [1.165, 1.54) is 5.56 Å². The van der Waals surface area contributed by atoms with Gasteiger partial charge in [0.1, 0.15) is 5.75 Å². The lowest BCUT2D eigenvalue weighted by Crippen LogP contribution is -1.85. The van der Waals surface area contributed by atoms with Crippen molar-refractivity contribution in [3.05, 3.63) is 53.6 Å². The van der Waals surface area contributed by atoms with Gasteiger partial charge in [0.15, 0.2) is 0 Å². The molecule has 18 heavy (non-hydrogen) atoms. The molecule has 0 bridgehead atoms. The molecule has 0 aliphatic rings. The molecule has 0 spiro atoms. The third kappa shape index (κ3) is 2.94. The lowest BCUT2D eigenvalue weighted by molar-refractivity contribution is 0.412. The Hall–Kier alpha value is -2.16. The quantitative estimate of drug-likeness (QED) is 0.714. The van der Waals surface area contributed by atoms with E-state index in [4.69, 9.17) is 4.74 Å². The zero-order valence-corrected chi connectivity index (χ0v) is 10.8. The van der Waals surface area contributed by atoms with E-state index in [9.17, 15) is 0 Å². The summed E-state index contributed by atoms with van der Waals surface area (Å²) in [5, 5.41) is 8.41. The van der Waals surface area contributed by atoms with Gasteiger partial charge in [-0.1, -0.05) is 17.7 Å². The Morgan fingerprint density at radius 3 is 2.06 bits per heavy atom. The molecule has 0 amide bonds. The molecule has 0 aliphatic heterocycles. The van der Waals surface area contributed by atoms with Crippen LogP contribution in [0, 0.1) is 13.8 Å². The number of hydrogen-bond acceptors (Lipinski definition) is 3. The Kier molecular flexibility index (Phi) is 3.72. The highest BCUT2D eigenvalue weighted by molar-refractivity contribution is 5.47. The second kappa shape index (κ2) is 5.45. The number of aryl methyl sites for hydroxylation is 2. The van der Waals surface area contributed by atoms with Crippen LogP contribution < -0.4 is 4.74 Å². The Labute approximate surface area is 107 Å². The van der Waals surface area contributed by atoms with Crippen LogP contribution in [-0.2, 0) is 0 Å². The summed E-state index contributed by atoms with van der Waals surface area (Å²) in [5.41, 5.74) is 3.95. The normalized spacial score (nSPS) is 10.8. The van der Waals surface area contributed by atoms with Crippen LogP contribution >= 0.6 is 0 Å². The van der Waals surface area contributed by atoms with Crippen LogP contribution in [0.15, 0.2) is 52.7 Å². The Balaban J connectivity index is 2.18. The van der Waals surface area contributed by atoms with Crippen LogP contribution in [-0.4, -0.2) is 7.11 Å². The van der Waals surface area contributed by atoms with E-state index < -0.39 is 0 Å². The second-order valence-electron chi connectivity index (χ2n) is 4.19. The van der Waals surface area contributed by atoms with Gasteiger partial charge in [-0.3, -0.25) is 0 Å². The molecule has 92 valence electrons. The van der Waals surface area contributed by atoms with Gasteiger partial charge in [-0.05, 0) is 49.7 Å². The smallest absolute Gasteiger partial charge is 0.121 e. The lowest BCUT2D eigenvalue weighted by atomic mass is 10.2. The van der Waals surface area contributed by atoms with Gasteiger partial charge < -0.3 is 4.74 Å². The Morgan fingerprint density at radius 2 is 1.44 bits per heavy atom.